The van der Waals surface area contributed by atoms with Crippen molar-refractivity contribution in [1.29, 1.82) is 0 Å². The van der Waals surface area contributed by atoms with Crippen molar-refractivity contribution in [3.8, 4) is 11.5 Å². The standard InChI is InChI=1S/C36H32N2O7S2/c1-3-44-35(41)19-9-12-21(13-10-19)38-33(39)28-22-16-23(29(28)34(38)40)30-27(22)26(31-32(46-30)37-36(42)47-31)20-11-14-24(25(15-20)43-2)45-17-18-7-5-4-6-8-18/h4-15,22-23,26-30H,3,16-17H2,1-2H3,(H,37,42)/t22-,23-,26?,27?,28?,29?,30?/m1/s1. The minimum Gasteiger partial charge on any atom is -0.493 e. The molecule has 11 heteroatoms. The van der Waals surface area contributed by atoms with Crippen LogP contribution in [0.1, 0.15) is 45.6 Å². The number of amides is 2. The van der Waals surface area contributed by atoms with Crippen LogP contribution in [0.4, 0.5) is 5.69 Å². The number of aromatic amines is 1. The third-order valence-corrected chi connectivity index (χ3v) is 12.7. The van der Waals surface area contributed by atoms with Gasteiger partial charge in [-0.2, -0.15) is 0 Å². The maximum atomic E-state index is 14.1. The number of nitrogens with one attached hydrogen (secondary N) is 1. The Hall–Kier alpha value is -4.35. The SMILES string of the molecule is CCOC(=O)c1ccc(N2C(=O)C3C(C2=O)[C@@H]2C[C@H]3C3Sc4[nH]c(=O)sc4C(c4ccc(OCc5ccccc5)c(OC)c4)C32)cc1. The summed E-state index contributed by atoms with van der Waals surface area (Å²) in [4.78, 5) is 58.2. The molecule has 2 bridgehead atoms. The smallest absolute Gasteiger partial charge is 0.338 e. The number of esters is 1. The molecule has 4 aliphatic rings. The normalized spacial score (nSPS) is 26.9. The first-order valence-electron chi connectivity index (χ1n) is 15.8. The Labute approximate surface area is 279 Å². The van der Waals surface area contributed by atoms with Crippen LogP contribution in [-0.4, -0.2) is 41.7 Å². The van der Waals surface area contributed by atoms with Gasteiger partial charge in [-0.15, -0.1) is 11.8 Å². The van der Waals surface area contributed by atoms with E-state index in [9.17, 15) is 19.2 Å². The van der Waals surface area contributed by atoms with Gasteiger partial charge in [0.15, 0.2) is 11.5 Å². The highest BCUT2D eigenvalue weighted by atomic mass is 32.2. The van der Waals surface area contributed by atoms with Crippen molar-refractivity contribution in [3.05, 3.63) is 104 Å². The Morgan fingerprint density at radius 1 is 0.936 bits per heavy atom. The number of H-pyrrole nitrogens is 1. The van der Waals surface area contributed by atoms with Gasteiger partial charge in [-0.1, -0.05) is 47.7 Å². The van der Waals surface area contributed by atoms with Gasteiger partial charge >= 0.3 is 10.8 Å². The van der Waals surface area contributed by atoms with Gasteiger partial charge in [0.2, 0.25) is 11.8 Å². The molecule has 2 amide bonds. The lowest BCUT2D eigenvalue weighted by atomic mass is 9.68. The Morgan fingerprint density at radius 3 is 2.40 bits per heavy atom. The largest absolute Gasteiger partial charge is 0.493 e. The zero-order chi connectivity index (χ0) is 32.4. The van der Waals surface area contributed by atoms with E-state index in [0.29, 0.717) is 29.4 Å². The maximum absolute atomic E-state index is 14.1. The van der Waals surface area contributed by atoms with E-state index in [-0.39, 0.29) is 52.2 Å². The van der Waals surface area contributed by atoms with Gasteiger partial charge in [0.05, 0.1) is 41.8 Å². The molecule has 3 fully saturated rings. The lowest BCUT2D eigenvalue weighted by Crippen LogP contribution is -2.42. The van der Waals surface area contributed by atoms with Crippen LogP contribution in [-0.2, 0) is 20.9 Å². The number of anilines is 1. The molecule has 2 aliphatic heterocycles. The van der Waals surface area contributed by atoms with Crippen molar-refractivity contribution in [2.75, 3.05) is 18.6 Å². The van der Waals surface area contributed by atoms with Crippen molar-refractivity contribution >= 4 is 46.6 Å². The average Bonchev–Trinajstić information content (AvgIpc) is 3.83. The third kappa shape index (κ3) is 4.81. The molecule has 0 radical (unpaired) electrons. The summed E-state index contributed by atoms with van der Waals surface area (Å²) in [5.41, 5.74) is 2.87. The first-order chi connectivity index (χ1) is 22.9. The van der Waals surface area contributed by atoms with Crippen LogP contribution in [0.15, 0.2) is 82.6 Å². The number of carbonyl (C=O) groups excluding carboxylic acids is 3. The highest BCUT2D eigenvalue weighted by molar-refractivity contribution is 8.00. The van der Waals surface area contributed by atoms with Gasteiger partial charge in [-0.05, 0) is 78.6 Å². The first kappa shape index (κ1) is 30.0. The number of aromatic nitrogens is 1. The van der Waals surface area contributed by atoms with Crippen LogP contribution in [0.25, 0.3) is 0 Å². The summed E-state index contributed by atoms with van der Waals surface area (Å²) in [6.45, 7) is 2.40. The van der Waals surface area contributed by atoms with Crippen LogP contribution in [0.3, 0.4) is 0 Å². The topological polar surface area (TPSA) is 115 Å². The number of hydrogen-bond acceptors (Lipinski definition) is 9. The maximum Gasteiger partial charge on any atom is 0.338 e. The molecular weight excluding hydrogens is 637 g/mol. The molecule has 5 unspecified atom stereocenters. The number of thioether (sulfide) groups is 1. The Balaban J connectivity index is 1.12. The van der Waals surface area contributed by atoms with Crippen molar-refractivity contribution in [3.63, 3.8) is 0 Å². The van der Waals surface area contributed by atoms with E-state index in [4.69, 9.17) is 14.2 Å². The number of methoxy groups -OCH3 is 1. The van der Waals surface area contributed by atoms with Crippen LogP contribution in [0, 0.1) is 29.6 Å². The average molecular weight is 669 g/mol. The molecule has 47 heavy (non-hydrogen) atoms. The van der Waals surface area contributed by atoms with Crippen molar-refractivity contribution in [1.82, 2.24) is 4.98 Å². The fourth-order valence-corrected chi connectivity index (χ4v) is 11.2. The van der Waals surface area contributed by atoms with Crippen LogP contribution < -0.4 is 19.2 Å². The van der Waals surface area contributed by atoms with Crippen molar-refractivity contribution < 1.29 is 28.6 Å². The van der Waals surface area contributed by atoms with Gasteiger partial charge in [0, 0.05) is 16.0 Å². The molecule has 4 aromatic rings. The number of rotatable bonds is 8. The van der Waals surface area contributed by atoms with Gasteiger partial charge in [0.25, 0.3) is 0 Å². The predicted octanol–water partition coefficient (Wildman–Crippen LogP) is 5.88. The number of imide groups is 1. The van der Waals surface area contributed by atoms with Gasteiger partial charge in [-0.25, -0.2) is 4.79 Å². The molecule has 9 nitrogen and oxygen atoms in total. The molecule has 0 spiro atoms. The minimum absolute atomic E-state index is 0.00492. The molecule has 2 saturated carbocycles. The summed E-state index contributed by atoms with van der Waals surface area (Å²) in [7, 11) is 1.62. The predicted molar refractivity (Wildman–Crippen MR) is 177 cm³/mol. The van der Waals surface area contributed by atoms with E-state index in [2.05, 4.69) is 4.98 Å². The molecule has 1 aromatic heterocycles. The molecule has 2 aliphatic carbocycles. The van der Waals surface area contributed by atoms with E-state index in [1.807, 2.05) is 48.5 Å². The fourth-order valence-electron chi connectivity index (χ4n) is 8.34. The molecule has 240 valence electrons. The quantitative estimate of drug-likeness (QED) is 0.183. The van der Waals surface area contributed by atoms with Crippen molar-refractivity contribution in [2.45, 2.75) is 36.1 Å². The first-order valence-corrected chi connectivity index (χ1v) is 17.5. The lowest BCUT2D eigenvalue weighted by molar-refractivity contribution is -0.123. The molecule has 1 N–H and O–H groups in total. The van der Waals surface area contributed by atoms with E-state index in [0.717, 1.165) is 27.5 Å². The summed E-state index contributed by atoms with van der Waals surface area (Å²) < 4.78 is 17.0. The van der Waals surface area contributed by atoms with Crippen molar-refractivity contribution in [2.24, 2.45) is 29.6 Å². The molecule has 3 heterocycles. The summed E-state index contributed by atoms with van der Waals surface area (Å²) in [5.74, 6) is -0.571. The van der Waals surface area contributed by atoms with Crippen LogP contribution in [0.5, 0.6) is 11.5 Å². The van der Waals surface area contributed by atoms with E-state index >= 15 is 0 Å². The second kappa shape index (κ2) is 11.7. The highest BCUT2D eigenvalue weighted by Gasteiger charge is 2.69. The second-order valence-corrected chi connectivity index (χ2v) is 14.6. The summed E-state index contributed by atoms with van der Waals surface area (Å²) in [6.07, 6.45) is 0.788. The van der Waals surface area contributed by atoms with E-state index < -0.39 is 17.8 Å². The molecule has 1 saturated heterocycles. The van der Waals surface area contributed by atoms with Gasteiger partial charge < -0.3 is 19.2 Å². The monoisotopic (exact) mass is 668 g/mol. The number of thiazole rings is 1. The second-order valence-electron chi connectivity index (χ2n) is 12.4. The number of nitrogens with zero attached hydrogens (tertiary/aromatic N) is 1. The summed E-state index contributed by atoms with van der Waals surface area (Å²) >= 11 is 2.87. The minimum atomic E-state index is -0.446. The number of ether oxygens (including phenoxy) is 3. The fraction of sp³-hybridized carbons (Fsp3) is 0.333. The molecule has 3 aromatic carbocycles. The molecule has 8 rings (SSSR count). The van der Waals surface area contributed by atoms with Crippen LogP contribution in [0.2, 0.25) is 0 Å². The lowest BCUT2D eigenvalue weighted by Gasteiger charge is -2.43. The number of carbonyl (C=O) groups is 3. The Bertz CT molecular complexity index is 1940. The summed E-state index contributed by atoms with van der Waals surface area (Å²) in [6, 6.07) is 22.4. The zero-order valence-corrected chi connectivity index (χ0v) is 27.3. The van der Waals surface area contributed by atoms with E-state index in [1.165, 1.54) is 16.2 Å². The Kier molecular flexibility index (Phi) is 7.48. The number of fused-ring (bicyclic) bond motifs is 9. The third-order valence-electron chi connectivity index (χ3n) is 10.1. The number of benzene rings is 3. The number of hydrogen-bond donors (Lipinski definition) is 1. The van der Waals surface area contributed by atoms with E-state index in [1.54, 1.807) is 50.1 Å². The van der Waals surface area contributed by atoms with Crippen LogP contribution >= 0.6 is 23.1 Å². The zero-order valence-electron chi connectivity index (χ0n) is 25.7. The molecular formula is C36H32N2O7S2. The highest BCUT2D eigenvalue weighted by Crippen LogP contribution is 2.68. The summed E-state index contributed by atoms with van der Waals surface area (Å²) in [5, 5.41) is 0.911. The Morgan fingerprint density at radius 2 is 1.68 bits per heavy atom. The van der Waals surface area contributed by atoms with Gasteiger partial charge in [-0.3, -0.25) is 19.3 Å². The van der Waals surface area contributed by atoms with Gasteiger partial charge in [0.1, 0.15) is 6.61 Å². The molecule has 7 atom stereocenters.